The molecule has 2 aromatic carbocycles. The Kier molecular flexibility index (Phi) is 6.41. The van der Waals surface area contributed by atoms with Crippen LogP contribution in [0, 0.1) is 0 Å². The first-order valence-electron chi connectivity index (χ1n) is 9.36. The Bertz CT molecular complexity index is 865. The first-order chi connectivity index (χ1) is 13.4. The number of carbonyl (C=O) groups is 2. The van der Waals surface area contributed by atoms with Gasteiger partial charge >= 0.3 is 6.03 Å². The normalized spacial score (nSPS) is 13.3. The molecule has 1 aliphatic rings. The summed E-state index contributed by atoms with van der Waals surface area (Å²) in [6.07, 6.45) is 2.41. The monoisotopic (exact) mass is 400 g/mol. The van der Waals surface area contributed by atoms with E-state index in [1.54, 1.807) is 30.1 Å². The van der Waals surface area contributed by atoms with Crippen LogP contribution in [-0.4, -0.2) is 37.0 Å². The van der Waals surface area contributed by atoms with Crippen molar-refractivity contribution in [2.24, 2.45) is 0 Å². The number of rotatable bonds is 5. The lowest BCUT2D eigenvalue weighted by Gasteiger charge is -2.25. The summed E-state index contributed by atoms with van der Waals surface area (Å²) in [6, 6.07) is 13.0. The molecular formula is C21H25ClN4O2. The molecule has 2 N–H and O–H groups in total. The van der Waals surface area contributed by atoms with Crippen LogP contribution in [0.2, 0.25) is 5.02 Å². The Hall–Kier alpha value is -2.73. The number of nitrogens with one attached hydrogen (secondary N) is 2. The van der Waals surface area contributed by atoms with Crippen molar-refractivity contribution >= 4 is 40.6 Å². The van der Waals surface area contributed by atoms with Gasteiger partial charge in [-0.2, -0.15) is 0 Å². The van der Waals surface area contributed by atoms with Gasteiger partial charge in [-0.05, 0) is 42.7 Å². The van der Waals surface area contributed by atoms with Gasteiger partial charge in [-0.1, -0.05) is 29.8 Å². The molecule has 0 atom stereocenters. The number of hydrogen-bond acceptors (Lipinski definition) is 3. The topological polar surface area (TPSA) is 64.7 Å². The Labute approximate surface area is 170 Å². The second kappa shape index (κ2) is 8.97. The van der Waals surface area contributed by atoms with Crippen molar-refractivity contribution in [1.29, 1.82) is 0 Å². The van der Waals surface area contributed by atoms with E-state index in [1.807, 2.05) is 12.1 Å². The lowest BCUT2D eigenvalue weighted by molar-refractivity contribution is -0.114. The van der Waals surface area contributed by atoms with Gasteiger partial charge in [-0.3, -0.25) is 4.79 Å². The number of carbonyl (C=O) groups excluding carboxylic acids is 2. The Morgan fingerprint density at radius 3 is 2.50 bits per heavy atom. The van der Waals surface area contributed by atoms with Gasteiger partial charge < -0.3 is 20.4 Å². The van der Waals surface area contributed by atoms with Crippen molar-refractivity contribution in [1.82, 2.24) is 4.90 Å². The van der Waals surface area contributed by atoms with E-state index >= 15 is 0 Å². The molecule has 7 heteroatoms. The molecule has 3 rings (SSSR count). The smallest absolute Gasteiger partial charge is 0.321 e. The quantitative estimate of drug-likeness (QED) is 0.773. The highest BCUT2D eigenvalue weighted by molar-refractivity contribution is 6.34. The summed E-state index contributed by atoms with van der Waals surface area (Å²) >= 11 is 6.24. The number of anilines is 3. The van der Waals surface area contributed by atoms with Gasteiger partial charge in [0.1, 0.15) is 0 Å². The van der Waals surface area contributed by atoms with Gasteiger partial charge in [0.25, 0.3) is 0 Å². The van der Waals surface area contributed by atoms with Crippen LogP contribution in [0.15, 0.2) is 42.5 Å². The van der Waals surface area contributed by atoms with Crippen molar-refractivity contribution < 1.29 is 9.59 Å². The molecule has 1 saturated heterocycles. The van der Waals surface area contributed by atoms with Crippen LogP contribution in [0.4, 0.5) is 21.9 Å². The summed E-state index contributed by atoms with van der Waals surface area (Å²) in [5.74, 6) is -0.177. The van der Waals surface area contributed by atoms with Gasteiger partial charge in [0, 0.05) is 45.0 Å². The third-order valence-corrected chi connectivity index (χ3v) is 5.04. The molecule has 0 spiro atoms. The molecule has 6 nitrogen and oxygen atoms in total. The Balaban J connectivity index is 1.66. The first-order valence-corrected chi connectivity index (χ1v) is 9.74. The van der Waals surface area contributed by atoms with E-state index in [0.29, 0.717) is 22.9 Å². The van der Waals surface area contributed by atoms with Crippen LogP contribution in [0.5, 0.6) is 0 Å². The molecule has 0 radical (unpaired) electrons. The third kappa shape index (κ3) is 4.95. The molecule has 0 aliphatic carbocycles. The fourth-order valence-corrected chi connectivity index (χ4v) is 3.57. The Morgan fingerprint density at radius 2 is 1.82 bits per heavy atom. The van der Waals surface area contributed by atoms with Crippen molar-refractivity contribution in [3.63, 3.8) is 0 Å². The fourth-order valence-electron chi connectivity index (χ4n) is 3.35. The second-order valence-corrected chi connectivity index (χ2v) is 7.39. The maximum Gasteiger partial charge on any atom is 0.321 e. The van der Waals surface area contributed by atoms with Crippen LogP contribution in [-0.2, 0) is 11.3 Å². The van der Waals surface area contributed by atoms with E-state index in [1.165, 1.54) is 25.5 Å². The van der Waals surface area contributed by atoms with E-state index in [-0.39, 0.29) is 11.9 Å². The third-order valence-electron chi connectivity index (χ3n) is 4.72. The summed E-state index contributed by atoms with van der Waals surface area (Å²) in [4.78, 5) is 27.8. The largest absolute Gasteiger partial charge is 0.371 e. The number of para-hydroxylation sites is 1. The zero-order chi connectivity index (χ0) is 20.1. The number of halogens is 1. The predicted octanol–water partition coefficient (Wildman–Crippen LogP) is 4.56. The van der Waals surface area contributed by atoms with Crippen LogP contribution >= 0.6 is 11.6 Å². The molecule has 2 aromatic rings. The average molecular weight is 401 g/mol. The molecule has 28 heavy (non-hydrogen) atoms. The van der Waals surface area contributed by atoms with Crippen molar-refractivity contribution in [2.45, 2.75) is 26.3 Å². The van der Waals surface area contributed by atoms with E-state index in [2.05, 4.69) is 27.7 Å². The number of benzene rings is 2. The van der Waals surface area contributed by atoms with Crippen LogP contribution in [0.25, 0.3) is 0 Å². The summed E-state index contributed by atoms with van der Waals surface area (Å²) in [6.45, 7) is 4.05. The Morgan fingerprint density at radius 1 is 1.11 bits per heavy atom. The summed E-state index contributed by atoms with van der Waals surface area (Å²) in [7, 11) is 1.76. The molecule has 1 fully saturated rings. The summed E-state index contributed by atoms with van der Waals surface area (Å²) < 4.78 is 0. The van der Waals surface area contributed by atoms with Crippen molar-refractivity contribution in [3.05, 3.63) is 53.1 Å². The molecular weight excluding hydrogens is 376 g/mol. The number of hydrogen-bond donors (Lipinski definition) is 2. The molecule has 3 amide bonds. The number of urea groups is 1. The molecule has 0 aromatic heterocycles. The molecule has 0 unspecified atom stereocenters. The van der Waals surface area contributed by atoms with Gasteiger partial charge in [-0.25, -0.2) is 4.79 Å². The summed E-state index contributed by atoms with van der Waals surface area (Å²) in [5, 5.41) is 5.86. The van der Waals surface area contributed by atoms with Gasteiger partial charge in [-0.15, -0.1) is 0 Å². The lowest BCUT2D eigenvalue weighted by Crippen LogP contribution is -2.31. The molecule has 1 aliphatic heterocycles. The molecule has 0 saturated carbocycles. The van der Waals surface area contributed by atoms with Crippen molar-refractivity contribution in [3.8, 4) is 0 Å². The summed E-state index contributed by atoms with van der Waals surface area (Å²) in [5.41, 5.74) is 3.40. The molecule has 148 valence electrons. The lowest BCUT2D eigenvalue weighted by atomic mass is 10.1. The van der Waals surface area contributed by atoms with Crippen LogP contribution < -0.4 is 15.5 Å². The van der Waals surface area contributed by atoms with E-state index in [0.717, 1.165) is 18.7 Å². The number of nitrogens with zero attached hydrogens (tertiary/aromatic N) is 2. The first kappa shape index (κ1) is 20.0. The van der Waals surface area contributed by atoms with Gasteiger partial charge in [0.15, 0.2) is 0 Å². The number of amides is 3. The van der Waals surface area contributed by atoms with Gasteiger partial charge in [0.05, 0.1) is 10.7 Å². The SMILES string of the molecule is CC(=O)Nc1ccc(NC(=O)N(C)Cc2ccccc2N2CCCC2)c(Cl)c1. The predicted molar refractivity (Wildman–Crippen MR) is 114 cm³/mol. The molecule has 1 heterocycles. The highest BCUT2D eigenvalue weighted by atomic mass is 35.5. The minimum absolute atomic E-state index is 0.177. The molecule has 0 bridgehead atoms. The van der Waals surface area contributed by atoms with E-state index in [4.69, 9.17) is 11.6 Å². The highest BCUT2D eigenvalue weighted by Crippen LogP contribution is 2.27. The van der Waals surface area contributed by atoms with E-state index < -0.39 is 0 Å². The zero-order valence-electron chi connectivity index (χ0n) is 16.2. The zero-order valence-corrected chi connectivity index (χ0v) is 16.9. The van der Waals surface area contributed by atoms with Crippen molar-refractivity contribution in [2.75, 3.05) is 35.7 Å². The minimum Gasteiger partial charge on any atom is -0.371 e. The second-order valence-electron chi connectivity index (χ2n) is 6.98. The standard InChI is InChI=1S/C21H25ClN4O2/c1-15(27)23-17-9-10-19(18(22)13-17)24-21(28)25(2)14-16-7-3-4-8-20(16)26-11-5-6-12-26/h3-4,7-10,13H,5-6,11-12,14H2,1-2H3,(H,23,27)(H,24,28). The average Bonchev–Trinajstić information content (AvgIpc) is 3.18. The van der Waals surface area contributed by atoms with E-state index in [9.17, 15) is 9.59 Å². The maximum absolute atomic E-state index is 12.6. The van der Waals surface area contributed by atoms with Crippen LogP contribution in [0.3, 0.4) is 0 Å². The highest BCUT2D eigenvalue weighted by Gasteiger charge is 2.18. The maximum atomic E-state index is 12.6. The van der Waals surface area contributed by atoms with Crippen LogP contribution in [0.1, 0.15) is 25.3 Å². The fraction of sp³-hybridized carbons (Fsp3) is 0.333. The minimum atomic E-state index is -0.245. The van der Waals surface area contributed by atoms with Gasteiger partial charge in [0.2, 0.25) is 5.91 Å².